The van der Waals surface area contributed by atoms with Gasteiger partial charge in [0, 0.05) is 5.92 Å². The highest BCUT2D eigenvalue weighted by atomic mass is 32.2. The van der Waals surface area contributed by atoms with E-state index in [1.165, 1.54) is 0 Å². The Morgan fingerprint density at radius 3 is 2.19 bits per heavy atom. The molecular weight excluding hydrogens is 378 g/mol. The van der Waals surface area contributed by atoms with Crippen molar-refractivity contribution in [2.75, 3.05) is 19.8 Å². The molecule has 1 saturated carbocycles. The first-order valence-electron chi connectivity index (χ1n) is 8.33. The maximum absolute atomic E-state index is 13.5. The molecule has 0 aromatic heterocycles. The molecule has 0 aromatic rings. The summed E-state index contributed by atoms with van der Waals surface area (Å²) in [4.78, 5) is 24.5. The lowest BCUT2D eigenvalue weighted by atomic mass is 9.79. The Morgan fingerprint density at radius 1 is 1.19 bits per heavy atom. The lowest BCUT2D eigenvalue weighted by molar-refractivity contribution is -0.174. The van der Waals surface area contributed by atoms with Crippen LogP contribution in [-0.2, 0) is 33.9 Å². The molecule has 0 spiro atoms. The average molecular weight is 400 g/mol. The van der Waals surface area contributed by atoms with Gasteiger partial charge in [0.25, 0.3) is 0 Å². The van der Waals surface area contributed by atoms with Crippen molar-refractivity contribution in [3.63, 3.8) is 0 Å². The van der Waals surface area contributed by atoms with E-state index in [1.807, 2.05) is 0 Å². The van der Waals surface area contributed by atoms with Crippen molar-refractivity contribution in [1.82, 2.24) is 0 Å². The van der Waals surface area contributed by atoms with Gasteiger partial charge in [0.2, 0.25) is 0 Å². The number of carbonyl (C=O) groups is 2. The van der Waals surface area contributed by atoms with Crippen LogP contribution >= 0.6 is 0 Å². The van der Waals surface area contributed by atoms with E-state index in [0.717, 1.165) is 0 Å². The molecule has 11 heteroatoms. The fourth-order valence-corrected chi connectivity index (χ4v) is 3.39. The largest absolute Gasteiger partial charge is 0.465 e. The summed E-state index contributed by atoms with van der Waals surface area (Å²) in [7, 11) is -5.74. The van der Waals surface area contributed by atoms with E-state index in [2.05, 4.69) is 4.74 Å². The van der Waals surface area contributed by atoms with Crippen molar-refractivity contribution >= 4 is 22.1 Å². The van der Waals surface area contributed by atoms with Gasteiger partial charge in [-0.2, -0.15) is 17.2 Å². The van der Waals surface area contributed by atoms with Crippen LogP contribution in [0.1, 0.15) is 32.6 Å². The molecule has 0 aromatic carbocycles. The van der Waals surface area contributed by atoms with Crippen molar-refractivity contribution in [2.24, 2.45) is 17.8 Å². The molecule has 3 atom stereocenters. The Hall–Kier alpha value is -1.33. The second-order valence-corrected chi connectivity index (χ2v) is 8.14. The second kappa shape index (κ2) is 8.13. The summed E-state index contributed by atoms with van der Waals surface area (Å²) in [5.41, 5.74) is 0. The fraction of sp³-hybridized carbons (Fsp3) is 0.867. The Labute approximate surface area is 149 Å². The molecule has 0 amide bonds. The summed E-state index contributed by atoms with van der Waals surface area (Å²) in [6.07, 6.45) is -0.524. The van der Waals surface area contributed by atoms with Crippen LogP contribution in [0.4, 0.5) is 8.78 Å². The van der Waals surface area contributed by atoms with Crippen molar-refractivity contribution < 1.29 is 45.6 Å². The predicted molar refractivity (Wildman–Crippen MR) is 82.8 cm³/mol. The molecule has 150 valence electrons. The molecule has 1 N–H and O–H groups in total. The van der Waals surface area contributed by atoms with Gasteiger partial charge in [0.15, 0.2) is 6.10 Å². The van der Waals surface area contributed by atoms with Gasteiger partial charge in [-0.1, -0.05) is 12.8 Å². The normalized spacial score (nSPS) is 25.8. The summed E-state index contributed by atoms with van der Waals surface area (Å²) in [5.74, 6) is -3.42. The predicted octanol–water partition coefficient (Wildman–Crippen LogP) is 1.39. The minimum atomic E-state index is -5.74. The molecule has 8 nitrogen and oxygen atoms in total. The van der Waals surface area contributed by atoms with Crippen molar-refractivity contribution in [3.05, 3.63) is 0 Å². The first-order valence-corrected chi connectivity index (χ1v) is 9.77. The highest BCUT2D eigenvalue weighted by Crippen LogP contribution is 2.34. The van der Waals surface area contributed by atoms with Gasteiger partial charge in [-0.15, -0.1) is 0 Å². The number of hydrogen-bond acceptors (Lipinski definition) is 7. The number of hydrogen-bond donors (Lipinski definition) is 1. The number of carbonyl (C=O) groups excluding carboxylic acids is 2. The van der Waals surface area contributed by atoms with Crippen LogP contribution in [0.3, 0.4) is 0 Å². The summed E-state index contributed by atoms with van der Waals surface area (Å²) >= 11 is 0. The summed E-state index contributed by atoms with van der Waals surface area (Å²) in [6, 6.07) is 0. The van der Waals surface area contributed by atoms with E-state index in [0.29, 0.717) is 39.4 Å². The first-order chi connectivity index (χ1) is 12.0. The Balaban J connectivity index is 1.98. The van der Waals surface area contributed by atoms with Crippen LogP contribution < -0.4 is 0 Å². The van der Waals surface area contributed by atoms with Gasteiger partial charge in [0.1, 0.15) is 0 Å². The van der Waals surface area contributed by atoms with Crippen molar-refractivity contribution in [3.8, 4) is 0 Å². The van der Waals surface area contributed by atoms with Gasteiger partial charge < -0.3 is 14.2 Å². The maximum Gasteiger partial charge on any atom is 0.405 e. The Kier molecular flexibility index (Phi) is 6.56. The van der Waals surface area contributed by atoms with E-state index in [9.17, 15) is 26.8 Å². The molecule has 1 aliphatic carbocycles. The zero-order valence-electron chi connectivity index (χ0n) is 14.2. The number of alkyl halides is 2. The number of rotatable bonds is 7. The third kappa shape index (κ3) is 4.68. The van der Waals surface area contributed by atoms with Crippen LogP contribution in [0, 0.1) is 17.8 Å². The molecular formula is C15H22F2O8S. The van der Waals surface area contributed by atoms with Crippen LogP contribution in [-0.4, -0.2) is 56.1 Å². The van der Waals surface area contributed by atoms with E-state index in [1.54, 1.807) is 0 Å². The maximum atomic E-state index is 13.5. The van der Waals surface area contributed by atoms with Crippen LogP contribution in [0.25, 0.3) is 0 Å². The number of ether oxygens (including phenoxy) is 3. The molecule has 1 saturated heterocycles. The topological polar surface area (TPSA) is 116 Å². The molecule has 3 unspecified atom stereocenters. The second-order valence-electron chi connectivity index (χ2n) is 6.65. The zero-order chi connectivity index (χ0) is 19.5. The summed E-state index contributed by atoms with van der Waals surface area (Å²) < 4.78 is 71.9. The molecule has 26 heavy (non-hydrogen) atoms. The lowest BCUT2D eigenvalue weighted by Crippen LogP contribution is -2.44. The third-order valence-electron chi connectivity index (χ3n) is 4.65. The fourth-order valence-electron chi connectivity index (χ4n) is 2.92. The Morgan fingerprint density at radius 2 is 1.73 bits per heavy atom. The van der Waals surface area contributed by atoms with Crippen LogP contribution in [0.15, 0.2) is 0 Å². The first kappa shape index (κ1) is 21.0. The van der Waals surface area contributed by atoms with E-state index in [4.69, 9.17) is 14.0 Å². The Bertz CT molecular complexity index is 632. The quantitative estimate of drug-likeness (QED) is 0.503. The molecule has 1 aliphatic heterocycles. The van der Waals surface area contributed by atoms with Crippen LogP contribution in [0.5, 0.6) is 0 Å². The molecule has 1 heterocycles. The van der Waals surface area contributed by atoms with Gasteiger partial charge in [-0.25, -0.2) is 0 Å². The summed E-state index contributed by atoms with van der Waals surface area (Å²) in [6.45, 7) is 1.81. The minimum Gasteiger partial charge on any atom is -0.465 e. The molecule has 0 bridgehead atoms. The number of esters is 2. The summed E-state index contributed by atoms with van der Waals surface area (Å²) in [5, 5.41) is -4.64. The lowest BCUT2D eigenvalue weighted by Gasteiger charge is -2.31. The molecule has 2 rings (SSSR count). The third-order valence-corrected chi connectivity index (χ3v) is 5.67. The van der Waals surface area contributed by atoms with E-state index >= 15 is 0 Å². The molecule has 0 radical (unpaired) electrons. The average Bonchev–Trinajstić information content (AvgIpc) is 2.52. The van der Waals surface area contributed by atoms with Crippen molar-refractivity contribution in [2.45, 2.75) is 44.0 Å². The monoisotopic (exact) mass is 400 g/mol. The highest BCUT2D eigenvalue weighted by molar-refractivity contribution is 7.86. The molecule has 2 fully saturated rings. The van der Waals surface area contributed by atoms with Gasteiger partial charge in [-0.05, 0) is 19.8 Å². The van der Waals surface area contributed by atoms with Gasteiger partial charge in [0.05, 0.1) is 31.7 Å². The van der Waals surface area contributed by atoms with Crippen LogP contribution in [0.2, 0.25) is 0 Å². The zero-order valence-corrected chi connectivity index (χ0v) is 15.0. The molecule has 2 aliphatic rings. The SMILES string of the molecule is CC(OC(=O)C1CCCCC1C(=O)OCC1COC1)C(F)(F)S(=O)(=O)O. The van der Waals surface area contributed by atoms with Gasteiger partial charge >= 0.3 is 27.3 Å². The smallest absolute Gasteiger partial charge is 0.405 e. The number of halogens is 2. The minimum absolute atomic E-state index is 0.112. The highest BCUT2D eigenvalue weighted by Gasteiger charge is 2.52. The van der Waals surface area contributed by atoms with E-state index in [-0.39, 0.29) is 18.9 Å². The van der Waals surface area contributed by atoms with Crippen molar-refractivity contribution in [1.29, 1.82) is 0 Å². The standard InChI is InChI=1S/C15H22F2O8S/c1-9(15(16,17)26(20,21)22)25-14(19)12-5-3-2-4-11(12)13(18)24-8-10-6-23-7-10/h9-12H,2-8H2,1H3,(H,20,21,22). The van der Waals surface area contributed by atoms with Gasteiger partial charge in [-0.3, -0.25) is 14.1 Å². The van der Waals surface area contributed by atoms with E-state index < -0.39 is 45.3 Å².